The van der Waals surface area contributed by atoms with Crippen molar-refractivity contribution in [3.63, 3.8) is 0 Å². The van der Waals surface area contributed by atoms with Crippen molar-refractivity contribution < 1.29 is 19.1 Å². The lowest BCUT2D eigenvalue weighted by Crippen LogP contribution is -2.53. The van der Waals surface area contributed by atoms with Gasteiger partial charge in [0, 0.05) is 32.1 Å². The summed E-state index contributed by atoms with van der Waals surface area (Å²) in [5.41, 5.74) is -0.581. The fourth-order valence-electron chi connectivity index (χ4n) is 2.34. The van der Waals surface area contributed by atoms with E-state index in [1.165, 1.54) is 0 Å². The zero-order chi connectivity index (χ0) is 16.3. The third-order valence-electron chi connectivity index (χ3n) is 3.65. The van der Waals surface area contributed by atoms with Crippen LogP contribution in [-0.4, -0.2) is 66.0 Å². The van der Waals surface area contributed by atoms with Crippen molar-refractivity contribution in [2.45, 2.75) is 39.2 Å². The Morgan fingerprint density at radius 2 is 1.59 bits per heavy atom. The maximum atomic E-state index is 12.0. The monoisotopic (exact) mass is 311 g/mol. The van der Waals surface area contributed by atoms with E-state index in [2.05, 4.69) is 5.32 Å². The highest BCUT2D eigenvalue weighted by Gasteiger charge is 2.35. The zero-order valence-electron chi connectivity index (χ0n) is 13.6. The second-order valence-electron chi connectivity index (χ2n) is 6.84. The molecule has 0 unspecified atom stereocenters. The molecule has 1 N–H and O–H groups in total. The lowest BCUT2D eigenvalue weighted by molar-refractivity contribution is -0.139. The molecule has 1 aliphatic carbocycles. The molecule has 2 fully saturated rings. The summed E-state index contributed by atoms with van der Waals surface area (Å²) in [7, 11) is 0. The Bertz CT molecular complexity index is 446. The van der Waals surface area contributed by atoms with Crippen molar-refractivity contribution in [3.05, 3.63) is 0 Å². The molecule has 1 saturated heterocycles. The molecule has 0 aromatic carbocycles. The van der Waals surface area contributed by atoms with E-state index < -0.39 is 11.7 Å². The smallest absolute Gasteiger partial charge is 0.408 e. The second kappa shape index (κ2) is 6.54. The highest BCUT2D eigenvalue weighted by molar-refractivity contribution is 5.83. The standard InChI is InChI=1S/C15H25N3O4/c1-15(2,3)22-14(21)16-10-12(19)17-6-8-18(9-7-17)13(20)11-4-5-11/h11H,4-10H2,1-3H3,(H,16,21). The van der Waals surface area contributed by atoms with E-state index in [9.17, 15) is 14.4 Å². The van der Waals surface area contributed by atoms with Crippen LogP contribution in [0.4, 0.5) is 4.79 Å². The van der Waals surface area contributed by atoms with Crippen molar-refractivity contribution in [2.75, 3.05) is 32.7 Å². The van der Waals surface area contributed by atoms with Gasteiger partial charge in [0.15, 0.2) is 0 Å². The number of hydrogen-bond acceptors (Lipinski definition) is 4. The van der Waals surface area contributed by atoms with Gasteiger partial charge in [0.05, 0.1) is 0 Å². The Morgan fingerprint density at radius 3 is 2.09 bits per heavy atom. The SMILES string of the molecule is CC(C)(C)OC(=O)NCC(=O)N1CCN(C(=O)C2CC2)CC1. The van der Waals surface area contributed by atoms with E-state index in [1.807, 2.05) is 4.90 Å². The van der Waals surface area contributed by atoms with Crippen molar-refractivity contribution in [3.8, 4) is 0 Å². The van der Waals surface area contributed by atoms with Crippen LogP contribution in [0.15, 0.2) is 0 Å². The molecule has 0 atom stereocenters. The fraction of sp³-hybridized carbons (Fsp3) is 0.800. The largest absolute Gasteiger partial charge is 0.444 e. The second-order valence-corrected chi connectivity index (χ2v) is 6.84. The maximum Gasteiger partial charge on any atom is 0.408 e. The minimum absolute atomic E-state index is 0.0779. The van der Waals surface area contributed by atoms with Gasteiger partial charge in [0.2, 0.25) is 11.8 Å². The van der Waals surface area contributed by atoms with Crippen LogP contribution in [0.3, 0.4) is 0 Å². The molecule has 124 valence electrons. The highest BCUT2D eigenvalue weighted by Crippen LogP contribution is 2.31. The van der Waals surface area contributed by atoms with Crippen LogP contribution in [0, 0.1) is 5.92 Å². The Hall–Kier alpha value is -1.79. The molecule has 0 aromatic rings. The van der Waals surface area contributed by atoms with Gasteiger partial charge in [-0.2, -0.15) is 0 Å². The Labute approximate surface area is 131 Å². The first-order valence-electron chi connectivity index (χ1n) is 7.80. The van der Waals surface area contributed by atoms with Crippen molar-refractivity contribution in [1.82, 2.24) is 15.1 Å². The highest BCUT2D eigenvalue weighted by atomic mass is 16.6. The van der Waals surface area contributed by atoms with Crippen LogP contribution < -0.4 is 5.32 Å². The summed E-state index contributed by atoms with van der Waals surface area (Å²) in [5.74, 6) is 0.291. The molecular weight excluding hydrogens is 286 g/mol. The van der Waals surface area contributed by atoms with Crippen LogP contribution in [0.5, 0.6) is 0 Å². The van der Waals surface area contributed by atoms with Gasteiger partial charge in [-0.3, -0.25) is 9.59 Å². The molecule has 2 aliphatic rings. The number of piperazine rings is 1. The van der Waals surface area contributed by atoms with E-state index in [-0.39, 0.29) is 24.3 Å². The first-order chi connectivity index (χ1) is 10.3. The quantitative estimate of drug-likeness (QED) is 0.827. The molecule has 3 amide bonds. The molecule has 1 aliphatic heterocycles. The van der Waals surface area contributed by atoms with Gasteiger partial charge in [0.25, 0.3) is 0 Å². The molecule has 7 nitrogen and oxygen atoms in total. The van der Waals surface area contributed by atoms with Gasteiger partial charge in [0.1, 0.15) is 12.1 Å². The van der Waals surface area contributed by atoms with Crippen LogP contribution in [0.25, 0.3) is 0 Å². The van der Waals surface area contributed by atoms with Crippen LogP contribution in [-0.2, 0) is 14.3 Å². The number of alkyl carbamates (subject to hydrolysis) is 1. The Morgan fingerprint density at radius 1 is 1.05 bits per heavy atom. The first-order valence-corrected chi connectivity index (χ1v) is 7.80. The average molecular weight is 311 g/mol. The number of rotatable bonds is 3. The van der Waals surface area contributed by atoms with Gasteiger partial charge >= 0.3 is 6.09 Å². The summed E-state index contributed by atoms with van der Waals surface area (Å²) >= 11 is 0. The lowest BCUT2D eigenvalue weighted by atomic mass is 10.2. The van der Waals surface area contributed by atoms with Crippen molar-refractivity contribution in [2.24, 2.45) is 5.92 Å². The number of hydrogen-bond donors (Lipinski definition) is 1. The molecular formula is C15H25N3O4. The molecule has 7 heteroatoms. The number of amides is 3. The number of ether oxygens (including phenoxy) is 1. The molecule has 1 saturated carbocycles. The summed E-state index contributed by atoms with van der Waals surface area (Å²) < 4.78 is 5.08. The topological polar surface area (TPSA) is 79.0 Å². The summed E-state index contributed by atoms with van der Waals surface area (Å²) in [6, 6.07) is 0. The van der Waals surface area contributed by atoms with Gasteiger partial charge in [-0.05, 0) is 33.6 Å². The average Bonchev–Trinajstić information content (AvgIpc) is 3.27. The molecule has 0 aromatic heterocycles. The molecule has 22 heavy (non-hydrogen) atoms. The number of carbonyl (C=O) groups excluding carboxylic acids is 3. The molecule has 2 rings (SSSR count). The molecule has 1 heterocycles. The van der Waals surface area contributed by atoms with Crippen molar-refractivity contribution >= 4 is 17.9 Å². The number of carbonyl (C=O) groups is 3. The molecule has 0 bridgehead atoms. The molecule has 0 spiro atoms. The summed E-state index contributed by atoms with van der Waals surface area (Å²) in [4.78, 5) is 39.0. The van der Waals surface area contributed by atoms with Gasteiger partial charge in [-0.25, -0.2) is 4.79 Å². The minimum Gasteiger partial charge on any atom is -0.444 e. The summed E-state index contributed by atoms with van der Waals surface area (Å²) in [6.45, 7) is 7.42. The number of nitrogens with zero attached hydrogens (tertiary/aromatic N) is 2. The van der Waals surface area contributed by atoms with Crippen LogP contribution in [0.1, 0.15) is 33.6 Å². The van der Waals surface area contributed by atoms with Gasteiger partial charge < -0.3 is 19.9 Å². The first kappa shape index (κ1) is 16.6. The minimum atomic E-state index is -0.594. The molecule has 0 radical (unpaired) electrons. The van der Waals surface area contributed by atoms with E-state index in [4.69, 9.17) is 4.74 Å². The fourth-order valence-corrected chi connectivity index (χ4v) is 2.34. The third kappa shape index (κ3) is 4.89. The maximum absolute atomic E-state index is 12.0. The summed E-state index contributed by atoms with van der Waals surface area (Å²) in [6.07, 6.45) is 1.40. The zero-order valence-corrected chi connectivity index (χ0v) is 13.6. The van der Waals surface area contributed by atoms with Crippen LogP contribution in [0.2, 0.25) is 0 Å². The Kier molecular flexibility index (Phi) is 4.93. The predicted octanol–water partition coefficient (Wildman–Crippen LogP) is 0.592. The van der Waals surface area contributed by atoms with Gasteiger partial charge in [-0.15, -0.1) is 0 Å². The van der Waals surface area contributed by atoms with Gasteiger partial charge in [-0.1, -0.05) is 0 Å². The normalized spacial score (nSPS) is 18.9. The van der Waals surface area contributed by atoms with E-state index in [0.29, 0.717) is 26.2 Å². The third-order valence-corrected chi connectivity index (χ3v) is 3.65. The Balaban J connectivity index is 1.68. The van der Waals surface area contributed by atoms with Crippen LogP contribution >= 0.6 is 0 Å². The van der Waals surface area contributed by atoms with Crippen molar-refractivity contribution in [1.29, 1.82) is 0 Å². The number of nitrogens with one attached hydrogen (secondary N) is 1. The van der Waals surface area contributed by atoms with E-state index >= 15 is 0 Å². The predicted molar refractivity (Wildman–Crippen MR) is 80.1 cm³/mol. The lowest BCUT2D eigenvalue weighted by Gasteiger charge is -2.35. The summed E-state index contributed by atoms with van der Waals surface area (Å²) in [5, 5.41) is 2.47. The van der Waals surface area contributed by atoms with E-state index in [0.717, 1.165) is 12.8 Å². The van der Waals surface area contributed by atoms with E-state index in [1.54, 1.807) is 25.7 Å².